The largest absolute Gasteiger partial charge is 0.350 e. The number of urea groups is 1. The zero-order valence-corrected chi connectivity index (χ0v) is 45.0. The minimum atomic E-state index is -2.94. The van der Waals surface area contributed by atoms with Gasteiger partial charge in [0.05, 0.1) is 71.4 Å². The predicted octanol–water partition coefficient (Wildman–Crippen LogP) is 7.69. The van der Waals surface area contributed by atoms with Crippen molar-refractivity contribution in [3.8, 4) is 0 Å². The number of Topliss-reactive ketones (excluding diaryl/α,β-unsaturated/α-hetero) is 2. The SMILES string of the molecule is CC(=O)c1nn(CC(=O)N(CC(=O)NCc2cccc(Cl)c2F)C2CC2)c2cccc(C)c12.CC(=O)c1nn(CC(=O)N(CC(=O)NCc2cccc(Cl)c2F)C2CC2)c2cccc(NC(=O)N3CC(F)(F)C3)c12.FC1(F)CNC1. The molecule has 0 bridgehead atoms. The summed E-state index contributed by atoms with van der Waals surface area (Å²) in [7, 11) is 0. The first-order valence-electron chi connectivity index (χ1n) is 25.4. The van der Waals surface area contributed by atoms with E-state index < -0.39 is 60.2 Å². The van der Waals surface area contributed by atoms with Crippen LogP contribution in [0.15, 0.2) is 72.8 Å². The Labute approximate surface area is 464 Å². The number of carbonyl (C=O) groups is 7. The molecule has 2 aliphatic carbocycles. The molecule has 10 rings (SSSR count). The van der Waals surface area contributed by atoms with Crippen molar-refractivity contribution < 1.29 is 59.9 Å². The van der Waals surface area contributed by atoms with Gasteiger partial charge in [0, 0.05) is 55.5 Å². The lowest BCUT2D eigenvalue weighted by atomic mass is 10.1. The lowest BCUT2D eigenvalue weighted by molar-refractivity contribution is -0.137. The maximum absolute atomic E-state index is 14.2. The molecule has 2 aromatic heterocycles. The Hall–Kier alpha value is -7.57. The van der Waals surface area contributed by atoms with Crippen LogP contribution in [-0.2, 0) is 45.4 Å². The van der Waals surface area contributed by atoms with Crippen LogP contribution in [0.1, 0.15) is 77.2 Å². The molecule has 6 aromatic rings. The number of anilines is 1. The molecule has 0 spiro atoms. The Balaban J connectivity index is 0.000000193. The number of alkyl halides is 4. The summed E-state index contributed by atoms with van der Waals surface area (Å²) in [5.41, 5.74) is 2.97. The highest BCUT2D eigenvalue weighted by molar-refractivity contribution is 6.31. The van der Waals surface area contributed by atoms with E-state index in [0.717, 1.165) is 28.7 Å². The van der Waals surface area contributed by atoms with Crippen molar-refractivity contribution in [2.24, 2.45) is 0 Å². The highest BCUT2D eigenvalue weighted by Crippen LogP contribution is 2.33. The van der Waals surface area contributed by atoms with Gasteiger partial charge in [-0.1, -0.05) is 65.7 Å². The van der Waals surface area contributed by atoms with Crippen molar-refractivity contribution in [3.63, 3.8) is 0 Å². The summed E-state index contributed by atoms with van der Waals surface area (Å²) >= 11 is 11.6. The molecule has 0 atom stereocenters. The minimum absolute atomic E-state index is 0.00287. The number of nitrogens with one attached hydrogen (secondary N) is 4. The Morgan fingerprint density at radius 1 is 0.637 bits per heavy atom. The van der Waals surface area contributed by atoms with Gasteiger partial charge >= 0.3 is 6.03 Å². The Kier molecular flexibility index (Phi) is 17.9. The second-order valence-electron chi connectivity index (χ2n) is 19.9. The molecule has 0 radical (unpaired) electrons. The smallest absolute Gasteiger partial charge is 0.322 e. The van der Waals surface area contributed by atoms with Crippen molar-refractivity contribution in [1.82, 2.24) is 50.2 Å². The standard InChI is InChI=1S/C27H26ClF3N6O4.C24H24ClFN4O3.C3H5F2N/c1-15(38)25-23-19(33-26(41)35-13-27(30,31)14-35)6-3-7-20(23)37(34-25)12-22(40)36(17-8-9-17)11-21(39)32-10-16-4-2-5-18(28)24(16)29;1-14-5-3-8-19-22(14)24(15(2)31)28-30(19)13-21(33)29(17-9-10-17)12-20(32)27-11-16-6-4-7-18(25)23(16)26;4-3(5)1-6-2-3/h2-7,17H,8-14H2,1H3,(H,32,39)(H,33,41);3-8,17H,9-13H2,1-2H3,(H,27,32);6H,1-2H2. The number of ketones is 2. The second kappa shape index (κ2) is 24.4. The first-order chi connectivity index (χ1) is 37.9. The van der Waals surface area contributed by atoms with E-state index in [1.165, 1.54) is 57.3 Å². The van der Waals surface area contributed by atoms with Gasteiger partial charge in [-0.05, 0) is 68.5 Å². The van der Waals surface area contributed by atoms with E-state index in [2.05, 4.69) is 31.5 Å². The molecule has 6 amide bonds. The topological polar surface area (TPSA) is 213 Å². The molecule has 18 nitrogen and oxygen atoms in total. The molecule has 4 fully saturated rings. The average molecular weight is 1150 g/mol. The third kappa shape index (κ3) is 14.2. The van der Waals surface area contributed by atoms with E-state index >= 15 is 0 Å². The van der Waals surface area contributed by atoms with Crippen LogP contribution >= 0.6 is 23.2 Å². The van der Waals surface area contributed by atoms with Gasteiger partial charge in [0.1, 0.15) is 36.1 Å². The number of aryl methyl sites for hydroxylation is 1. The van der Waals surface area contributed by atoms with Gasteiger partial charge in [0.15, 0.2) is 11.6 Å². The summed E-state index contributed by atoms with van der Waals surface area (Å²) in [6.07, 6.45) is 3.07. The molecule has 4 aromatic carbocycles. The molecule has 2 aliphatic heterocycles. The van der Waals surface area contributed by atoms with Gasteiger partial charge in [-0.25, -0.2) is 31.1 Å². The van der Waals surface area contributed by atoms with Gasteiger partial charge in [-0.2, -0.15) is 10.2 Å². The van der Waals surface area contributed by atoms with Crippen LogP contribution in [-0.4, -0.2) is 139 Å². The predicted molar refractivity (Wildman–Crippen MR) is 284 cm³/mol. The molecular formula is C54H55Cl2F6N11O7. The lowest BCUT2D eigenvalue weighted by Gasteiger charge is -2.38. The summed E-state index contributed by atoms with van der Waals surface area (Å²) in [5, 5.41) is 19.9. The molecule has 2 saturated heterocycles. The second-order valence-corrected chi connectivity index (χ2v) is 20.7. The number of fused-ring (bicyclic) bond motifs is 2. The number of benzene rings is 4. The first-order valence-corrected chi connectivity index (χ1v) is 26.1. The zero-order chi connectivity index (χ0) is 57.8. The Morgan fingerprint density at radius 3 is 1.48 bits per heavy atom. The van der Waals surface area contributed by atoms with Crippen molar-refractivity contribution in [1.29, 1.82) is 0 Å². The molecule has 4 heterocycles. The summed E-state index contributed by atoms with van der Waals surface area (Å²) in [5.74, 6) is -8.68. The highest BCUT2D eigenvalue weighted by atomic mass is 35.5. The van der Waals surface area contributed by atoms with E-state index in [1.807, 2.05) is 25.1 Å². The van der Waals surface area contributed by atoms with Crippen LogP contribution in [0.5, 0.6) is 0 Å². The third-order valence-electron chi connectivity index (χ3n) is 13.4. The van der Waals surface area contributed by atoms with E-state index in [1.54, 1.807) is 30.3 Å². The van der Waals surface area contributed by atoms with Gasteiger partial charge in [0.25, 0.3) is 11.8 Å². The third-order valence-corrected chi connectivity index (χ3v) is 14.0. The average Bonchev–Trinajstić information content (AvgIpc) is 4.46. The van der Waals surface area contributed by atoms with E-state index in [-0.39, 0.29) is 120 Å². The van der Waals surface area contributed by atoms with Gasteiger partial charge in [0.2, 0.25) is 23.6 Å². The van der Waals surface area contributed by atoms with E-state index in [9.17, 15) is 59.9 Å². The molecule has 2 saturated carbocycles. The van der Waals surface area contributed by atoms with Gasteiger partial charge < -0.3 is 36.0 Å². The number of rotatable bonds is 17. The number of hydrogen-bond acceptors (Lipinski definition) is 10. The quantitative estimate of drug-likeness (QED) is 0.0516. The van der Waals surface area contributed by atoms with Crippen LogP contribution in [0, 0.1) is 18.6 Å². The van der Waals surface area contributed by atoms with Crippen LogP contribution in [0.25, 0.3) is 21.8 Å². The van der Waals surface area contributed by atoms with Crippen LogP contribution in [0.4, 0.5) is 36.8 Å². The summed E-state index contributed by atoms with van der Waals surface area (Å²) in [4.78, 5) is 92.6. The lowest BCUT2D eigenvalue weighted by Crippen LogP contribution is -2.59. The Morgan fingerprint density at radius 2 is 1.06 bits per heavy atom. The summed E-state index contributed by atoms with van der Waals surface area (Å²) in [6.45, 7) is 2.04. The minimum Gasteiger partial charge on any atom is -0.350 e. The van der Waals surface area contributed by atoms with Crippen LogP contribution < -0.4 is 21.3 Å². The van der Waals surface area contributed by atoms with Gasteiger partial charge in [-0.15, -0.1) is 0 Å². The summed E-state index contributed by atoms with van der Waals surface area (Å²) < 4.78 is 80.5. The van der Waals surface area contributed by atoms with Gasteiger partial charge in [-0.3, -0.25) is 38.1 Å². The fourth-order valence-corrected chi connectivity index (χ4v) is 9.25. The van der Waals surface area contributed by atoms with Crippen molar-refractivity contribution >= 4 is 91.9 Å². The maximum Gasteiger partial charge on any atom is 0.322 e. The first kappa shape index (κ1) is 58.6. The van der Waals surface area contributed by atoms with Crippen molar-refractivity contribution in [2.45, 2.75) is 96.6 Å². The van der Waals surface area contributed by atoms with E-state index in [4.69, 9.17) is 23.2 Å². The number of likely N-dealkylation sites (tertiary alicyclic amines) is 1. The normalized spacial score (nSPS) is 15.7. The molecule has 4 N–H and O–H groups in total. The van der Waals surface area contributed by atoms with E-state index in [0.29, 0.717) is 29.6 Å². The molecule has 26 heteroatoms. The number of hydrogen-bond donors (Lipinski definition) is 4. The molecular weight excluding hydrogens is 1100 g/mol. The maximum atomic E-state index is 14.2. The fourth-order valence-electron chi connectivity index (χ4n) is 8.86. The molecule has 80 heavy (non-hydrogen) atoms. The number of halogens is 8. The number of amides is 6. The zero-order valence-electron chi connectivity index (χ0n) is 43.5. The number of aromatic nitrogens is 4. The molecule has 424 valence electrons. The van der Waals surface area contributed by atoms with Crippen LogP contribution in [0.2, 0.25) is 10.0 Å². The summed E-state index contributed by atoms with van der Waals surface area (Å²) in [6, 6.07) is 18.4. The Bertz CT molecular complexity index is 3390. The number of nitrogens with zero attached hydrogens (tertiary/aromatic N) is 7. The van der Waals surface area contributed by atoms with Crippen LogP contribution in [0.3, 0.4) is 0 Å². The highest BCUT2D eigenvalue weighted by Gasteiger charge is 2.46. The molecule has 0 unspecified atom stereocenters. The fraction of sp³-hybridized carbons (Fsp3) is 0.389. The monoisotopic (exact) mass is 1150 g/mol. The number of carbonyl (C=O) groups excluding carboxylic acids is 7. The van der Waals surface area contributed by atoms with Crippen molar-refractivity contribution in [2.75, 3.05) is 44.6 Å². The van der Waals surface area contributed by atoms with Crippen molar-refractivity contribution in [3.05, 3.63) is 123 Å². The molecule has 4 aliphatic rings.